The second-order valence-electron chi connectivity index (χ2n) is 5.98. The first-order valence-corrected chi connectivity index (χ1v) is 8.42. The Morgan fingerprint density at radius 3 is 3.05 bits per heavy atom. The van der Waals surface area contributed by atoms with Gasteiger partial charge in [-0.05, 0) is 31.1 Å². The first-order chi connectivity index (χ1) is 10.4. The van der Waals surface area contributed by atoms with E-state index in [0.29, 0.717) is 17.2 Å². The molecule has 1 aliphatic rings. The van der Waals surface area contributed by atoms with E-state index in [2.05, 4.69) is 24.0 Å². The van der Waals surface area contributed by atoms with Crippen LogP contribution in [0.15, 0.2) is 4.79 Å². The van der Waals surface area contributed by atoms with Crippen molar-refractivity contribution >= 4 is 39.5 Å². The molecule has 1 unspecified atom stereocenters. The lowest BCUT2D eigenvalue weighted by molar-refractivity contribution is -0.0543. The van der Waals surface area contributed by atoms with Crippen LogP contribution in [0.3, 0.4) is 0 Å². The highest BCUT2D eigenvalue weighted by molar-refractivity contribution is 7.71. The van der Waals surface area contributed by atoms with Gasteiger partial charge in [-0.2, -0.15) is 0 Å². The van der Waals surface area contributed by atoms with E-state index in [4.69, 9.17) is 17.0 Å². The molecular formula is C14H16N4O2S2. The highest BCUT2D eigenvalue weighted by Crippen LogP contribution is 2.38. The predicted octanol–water partition coefficient (Wildman–Crippen LogP) is 2.55. The van der Waals surface area contributed by atoms with E-state index >= 15 is 0 Å². The lowest BCUT2D eigenvalue weighted by atomic mass is 9.90. The molecular weight excluding hydrogens is 320 g/mol. The zero-order valence-corrected chi connectivity index (χ0v) is 14.2. The van der Waals surface area contributed by atoms with Gasteiger partial charge < -0.3 is 4.74 Å². The summed E-state index contributed by atoms with van der Waals surface area (Å²) in [5.41, 5.74) is 0.884. The second-order valence-corrected chi connectivity index (χ2v) is 7.45. The number of aryl methyl sites for hydroxylation is 1. The van der Waals surface area contributed by atoms with Gasteiger partial charge in [0.1, 0.15) is 4.83 Å². The summed E-state index contributed by atoms with van der Waals surface area (Å²) in [6.07, 6.45) is 1.67. The number of aromatic nitrogens is 4. The fraction of sp³-hybridized carbons (Fsp3) is 0.500. The Labute approximate surface area is 135 Å². The average molecular weight is 336 g/mol. The Bertz CT molecular complexity index is 1030. The maximum absolute atomic E-state index is 12.8. The number of nitrogens with zero attached hydrogens (tertiary/aromatic N) is 3. The molecule has 0 aliphatic carbocycles. The van der Waals surface area contributed by atoms with Crippen molar-refractivity contribution in [2.75, 3.05) is 0 Å². The summed E-state index contributed by atoms with van der Waals surface area (Å²) in [4.78, 5) is 14.8. The van der Waals surface area contributed by atoms with Crippen LogP contribution in [-0.2, 0) is 24.8 Å². The molecule has 22 heavy (non-hydrogen) atoms. The van der Waals surface area contributed by atoms with Gasteiger partial charge in [0, 0.05) is 18.3 Å². The third-order valence-corrected chi connectivity index (χ3v) is 6.06. The Balaban J connectivity index is 2.17. The van der Waals surface area contributed by atoms with Gasteiger partial charge in [0.2, 0.25) is 10.5 Å². The minimum atomic E-state index is -0.209. The molecule has 8 heteroatoms. The van der Waals surface area contributed by atoms with Gasteiger partial charge in [-0.3, -0.25) is 9.36 Å². The van der Waals surface area contributed by atoms with Crippen LogP contribution >= 0.6 is 23.6 Å². The van der Waals surface area contributed by atoms with Gasteiger partial charge in [0.25, 0.3) is 5.56 Å². The fourth-order valence-corrected chi connectivity index (χ4v) is 4.53. The second kappa shape index (κ2) is 4.50. The van der Waals surface area contributed by atoms with Crippen LogP contribution in [0, 0.1) is 4.77 Å². The van der Waals surface area contributed by atoms with E-state index in [1.54, 1.807) is 23.0 Å². The highest BCUT2D eigenvalue weighted by Gasteiger charge is 2.33. The summed E-state index contributed by atoms with van der Waals surface area (Å²) in [7, 11) is 1.73. The molecule has 3 aromatic heterocycles. The average Bonchev–Trinajstić information content (AvgIpc) is 3.05. The summed E-state index contributed by atoms with van der Waals surface area (Å²) >= 11 is 6.91. The van der Waals surface area contributed by atoms with Gasteiger partial charge in [0.05, 0.1) is 17.6 Å². The smallest absolute Gasteiger partial charge is 0.263 e. The molecule has 4 heterocycles. The molecule has 0 fully saturated rings. The Morgan fingerprint density at radius 1 is 1.55 bits per heavy atom. The molecule has 0 radical (unpaired) electrons. The first kappa shape index (κ1) is 14.1. The van der Waals surface area contributed by atoms with E-state index in [0.717, 1.165) is 33.5 Å². The van der Waals surface area contributed by atoms with Crippen molar-refractivity contribution in [2.24, 2.45) is 7.05 Å². The lowest BCUT2D eigenvalue weighted by Gasteiger charge is -2.32. The van der Waals surface area contributed by atoms with Gasteiger partial charge in [-0.1, -0.05) is 6.92 Å². The number of thiophene rings is 1. The first-order valence-electron chi connectivity index (χ1n) is 7.19. The van der Waals surface area contributed by atoms with E-state index in [9.17, 15) is 4.79 Å². The highest BCUT2D eigenvalue weighted by atomic mass is 32.1. The molecule has 0 aromatic carbocycles. The van der Waals surface area contributed by atoms with Crippen molar-refractivity contribution in [2.45, 2.75) is 38.9 Å². The summed E-state index contributed by atoms with van der Waals surface area (Å²) in [5, 5.41) is 7.70. The Kier molecular flexibility index (Phi) is 2.88. The van der Waals surface area contributed by atoms with Gasteiger partial charge in [-0.15, -0.1) is 16.4 Å². The number of hydrogen-bond donors (Lipinski definition) is 1. The van der Waals surface area contributed by atoms with Crippen molar-refractivity contribution in [3.05, 3.63) is 25.6 Å². The van der Waals surface area contributed by atoms with Crippen LogP contribution in [0.1, 0.15) is 30.7 Å². The number of H-pyrrole nitrogens is 1. The predicted molar refractivity (Wildman–Crippen MR) is 88.2 cm³/mol. The quantitative estimate of drug-likeness (QED) is 0.694. The standard InChI is InChI=1S/C14H16N4O2S2/c1-4-14(2)5-7-8(6-20-14)22-11-9(7)10(19)17(3)12-15-16-13(21)18(11)12/h4-6H2,1-3H3,(H,16,21). The SMILES string of the molecule is CCC1(C)Cc2c(sc3c2c(=O)n(C)c2n[nH]c(=S)n32)CO1. The minimum absolute atomic E-state index is 0.0191. The number of aromatic amines is 1. The lowest BCUT2D eigenvalue weighted by Crippen LogP contribution is -2.34. The molecule has 116 valence electrons. The zero-order valence-electron chi connectivity index (χ0n) is 12.6. The molecule has 0 bridgehead atoms. The summed E-state index contributed by atoms with van der Waals surface area (Å²) < 4.78 is 9.92. The summed E-state index contributed by atoms with van der Waals surface area (Å²) in [6.45, 7) is 4.77. The number of hydrogen-bond acceptors (Lipinski definition) is 5. The van der Waals surface area contributed by atoms with Crippen molar-refractivity contribution < 1.29 is 4.74 Å². The molecule has 0 saturated carbocycles. The largest absolute Gasteiger partial charge is 0.369 e. The van der Waals surface area contributed by atoms with Gasteiger partial charge in [0.15, 0.2) is 0 Å². The van der Waals surface area contributed by atoms with Gasteiger partial charge >= 0.3 is 0 Å². The van der Waals surface area contributed by atoms with Crippen LogP contribution < -0.4 is 5.56 Å². The molecule has 0 saturated heterocycles. The monoisotopic (exact) mass is 336 g/mol. The molecule has 4 rings (SSSR count). The minimum Gasteiger partial charge on any atom is -0.369 e. The van der Waals surface area contributed by atoms with Crippen molar-refractivity contribution in [1.82, 2.24) is 19.2 Å². The zero-order chi connectivity index (χ0) is 15.6. The fourth-order valence-electron chi connectivity index (χ4n) is 3.03. The van der Waals surface area contributed by atoms with Crippen LogP contribution in [0.4, 0.5) is 0 Å². The molecule has 0 spiro atoms. The normalized spacial score (nSPS) is 21.6. The number of fused-ring (bicyclic) bond motifs is 5. The number of nitrogens with one attached hydrogen (secondary N) is 1. The van der Waals surface area contributed by atoms with Crippen LogP contribution in [0.5, 0.6) is 0 Å². The van der Waals surface area contributed by atoms with Crippen molar-refractivity contribution in [1.29, 1.82) is 0 Å². The van der Waals surface area contributed by atoms with Crippen LogP contribution in [0.25, 0.3) is 16.0 Å². The Hall–Kier alpha value is -1.51. The van der Waals surface area contributed by atoms with E-state index in [-0.39, 0.29) is 11.2 Å². The van der Waals surface area contributed by atoms with Crippen LogP contribution in [-0.4, -0.2) is 24.8 Å². The van der Waals surface area contributed by atoms with Crippen LogP contribution in [0.2, 0.25) is 0 Å². The van der Waals surface area contributed by atoms with E-state index in [1.807, 2.05) is 4.40 Å². The molecule has 3 aromatic rings. The van der Waals surface area contributed by atoms with E-state index in [1.165, 1.54) is 0 Å². The Morgan fingerprint density at radius 2 is 2.32 bits per heavy atom. The molecule has 1 N–H and O–H groups in total. The third kappa shape index (κ3) is 1.71. The summed E-state index contributed by atoms with van der Waals surface area (Å²) in [5.74, 6) is 0.542. The molecule has 0 amide bonds. The maximum Gasteiger partial charge on any atom is 0.263 e. The molecule has 6 nitrogen and oxygen atoms in total. The van der Waals surface area contributed by atoms with Gasteiger partial charge in [-0.25, -0.2) is 9.50 Å². The van der Waals surface area contributed by atoms with Crippen molar-refractivity contribution in [3.63, 3.8) is 0 Å². The molecule has 1 aliphatic heterocycles. The molecule has 1 atom stereocenters. The maximum atomic E-state index is 12.8. The number of rotatable bonds is 1. The topological polar surface area (TPSA) is 64.3 Å². The summed E-state index contributed by atoms with van der Waals surface area (Å²) in [6, 6.07) is 0. The third-order valence-electron chi connectivity index (χ3n) is 4.60. The van der Waals surface area contributed by atoms with E-state index < -0.39 is 0 Å². The number of ether oxygens (including phenoxy) is 1. The van der Waals surface area contributed by atoms with Crippen molar-refractivity contribution in [3.8, 4) is 0 Å².